The molecule has 4 heteroatoms. The Labute approximate surface area is 108 Å². The van der Waals surface area contributed by atoms with Gasteiger partial charge in [0.2, 0.25) is 0 Å². The normalized spacial score (nSPS) is 10.4. The molecular formula is C13H12BrFN2. The van der Waals surface area contributed by atoms with Crippen molar-refractivity contribution in [1.29, 1.82) is 0 Å². The lowest BCUT2D eigenvalue weighted by Crippen LogP contribution is -1.98. The molecule has 0 radical (unpaired) electrons. The molecule has 17 heavy (non-hydrogen) atoms. The zero-order valence-corrected chi connectivity index (χ0v) is 11.2. The zero-order chi connectivity index (χ0) is 12.4. The van der Waals surface area contributed by atoms with Crippen molar-refractivity contribution in [2.24, 2.45) is 0 Å². The van der Waals surface area contributed by atoms with Crippen molar-refractivity contribution in [1.82, 2.24) is 4.98 Å². The molecule has 0 unspecified atom stereocenters. The van der Waals surface area contributed by atoms with E-state index in [1.54, 1.807) is 18.3 Å². The van der Waals surface area contributed by atoms with Crippen LogP contribution in [-0.2, 0) is 0 Å². The number of rotatable bonds is 2. The van der Waals surface area contributed by atoms with Gasteiger partial charge in [-0.15, -0.1) is 0 Å². The quantitative estimate of drug-likeness (QED) is 0.891. The van der Waals surface area contributed by atoms with Crippen LogP contribution in [0, 0.1) is 19.7 Å². The second kappa shape index (κ2) is 4.84. The number of anilines is 2. The fourth-order valence-corrected chi connectivity index (χ4v) is 1.98. The van der Waals surface area contributed by atoms with Gasteiger partial charge in [-0.3, -0.25) is 0 Å². The summed E-state index contributed by atoms with van der Waals surface area (Å²) in [4.78, 5) is 4.22. The lowest BCUT2D eigenvalue weighted by molar-refractivity contribution is 0.631. The Bertz CT molecular complexity index is 555. The number of benzene rings is 1. The minimum absolute atomic E-state index is 0.278. The van der Waals surface area contributed by atoms with E-state index in [2.05, 4.69) is 26.2 Å². The van der Waals surface area contributed by atoms with Gasteiger partial charge in [0.25, 0.3) is 0 Å². The number of aromatic nitrogens is 1. The molecule has 1 heterocycles. The summed E-state index contributed by atoms with van der Waals surface area (Å²) in [6.45, 7) is 3.85. The van der Waals surface area contributed by atoms with Gasteiger partial charge in [-0.2, -0.15) is 0 Å². The largest absolute Gasteiger partial charge is 0.338 e. The number of aryl methyl sites for hydroxylation is 2. The van der Waals surface area contributed by atoms with E-state index in [4.69, 9.17) is 0 Å². The molecule has 1 aromatic heterocycles. The molecule has 0 bridgehead atoms. The Kier molecular flexibility index (Phi) is 3.43. The Morgan fingerprint density at radius 2 is 2.00 bits per heavy atom. The summed E-state index contributed by atoms with van der Waals surface area (Å²) >= 11 is 3.34. The molecule has 0 saturated heterocycles. The Morgan fingerprint density at radius 1 is 1.24 bits per heavy atom. The Hall–Kier alpha value is -1.42. The third-order valence-electron chi connectivity index (χ3n) is 2.42. The molecule has 0 aliphatic carbocycles. The minimum atomic E-state index is -0.278. The van der Waals surface area contributed by atoms with Gasteiger partial charge >= 0.3 is 0 Å². The number of pyridine rings is 1. The molecule has 0 fully saturated rings. The molecule has 88 valence electrons. The Balaban J connectivity index is 2.34. The lowest BCUT2D eigenvalue weighted by Gasteiger charge is -2.10. The molecule has 0 spiro atoms. The summed E-state index contributed by atoms with van der Waals surface area (Å²) in [6.07, 6.45) is 1.68. The van der Waals surface area contributed by atoms with Crippen LogP contribution in [0.5, 0.6) is 0 Å². The smallest absolute Gasteiger partial charge is 0.146 e. The van der Waals surface area contributed by atoms with Gasteiger partial charge in [0, 0.05) is 10.7 Å². The fraction of sp³-hybridized carbons (Fsp3) is 0.154. The highest BCUT2D eigenvalue weighted by atomic mass is 79.9. The maximum Gasteiger partial charge on any atom is 0.146 e. The van der Waals surface area contributed by atoms with Gasteiger partial charge in [0.05, 0.1) is 5.69 Å². The molecule has 2 rings (SSSR count). The average Bonchev–Trinajstić information content (AvgIpc) is 2.27. The average molecular weight is 295 g/mol. The van der Waals surface area contributed by atoms with Crippen LogP contribution < -0.4 is 5.32 Å². The molecule has 0 amide bonds. The second-order valence-corrected chi connectivity index (χ2v) is 4.84. The minimum Gasteiger partial charge on any atom is -0.338 e. The standard InChI is InChI=1S/C13H12BrFN2/c1-8-3-4-11(15)12(5-8)17-13-9(2)6-10(14)7-16-13/h3-7H,1-2H3,(H,16,17). The highest BCUT2D eigenvalue weighted by Gasteiger charge is 2.05. The van der Waals surface area contributed by atoms with E-state index >= 15 is 0 Å². The second-order valence-electron chi connectivity index (χ2n) is 3.93. The van der Waals surface area contributed by atoms with Gasteiger partial charge in [-0.1, -0.05) is 6.07 Å². The number of nitrogens with one attached hydrogen (secondary N) is 1. The first-order chi connectivity index (χ1) is 8.06. The summed E-state index contributed by atoms with van der Waals surface area (Å²) in [6, 6.07) is 6.88. The number of halogens is 2. The van der Waals surface area contributed by atoms with E-state index in [1.807, 2.05) is 19.9 Å². The van der Waals surface area contributed by atoms with Crippen LogP contribution in [0.4, 0.5) is 15.9 Å². The molecular weight excluding hydrogens is 283 g/mol. The molecule has 0 aliphatic heterocycles. The SMILES string of the molecule is Cc1ccc(F)c(Nc2ncc(Br)cc2C)c1. The van der Waals surface area contributed by atoms with Crippen molar-refractivity contribution in [3.05, 3.63) is 51.9 Å². The maximum atomic E-state index is 13.6. The fourth-order valence-electron chi connectivity index (χ4n) is 1.53. The van der Waals surface area contributed by atoms with Crippen molar-refractivity contribution in [3.8, 4) is 0 Å². The van der Waals surface area contributed by atoms with Gasteiger partial charge < -0.3 is 5.32 Å². The first-order valence-electron chi connectivity index (χ1n) is 5.21. The van der Waals surface area contributed by atoms with Crippen LogP contribution in [-0.4, -0.2) is 4.98 Å². The first-order valence-corrected chi connectivity index (χ1v) is 6.01. The van der Waals surface area contributed by atoms with Gasteiger partial charge in [0.1, 0.15) is 11.6 Å². The van der Waals surface area contributed by atoms with Crippen molar-refractivity contribution < 1.29 is 4.39 Å². The number of nitrogens with zero attached hydrogens (tertiary/aromatic N) is 1. The van der Waals surface area contributed by atoms with Crippen LogP contribution in [0.15, 0.2) is 34.9 Å². The van der Waals surface area contributed by atoms with Crippen molar-refractivity contribution >= 4 is 27.4 Å². The third kappa shape index (κ3) is 2.82. The van der Waals surface area contributed by atoms with E-state index in [9.17, 15) is 4.39 Å². The summed E-state index contributed by atoms with van der Waals surface area (Å²) in [5.41, 5.74) is 2.41. The highest BCUT2D eigenvalue weighted by molar-refractivity contribution is 9.10. The molecule has 2 aromatic rings. The van der Waals surface area contributed by atoms with E-state index < -0.39 is 0 Å². The van der Waals surface area contributed by atoms with E-state index in [0.717, 1.165) is 15.6 Å². The predicted octanol–water partition coefficient (Wildman–Crippen LogP) is 4.34. The van der Waals surface area contributed by atoms with Crippen LogP contribution in [0.1, 0.15) is 11.1 Å². The summed E-state index contributed by atoms with van der Waals surface area (Å²) < 4.78 is 14.5. The van der Waals surface area contributed by atoms with Gasteiger partial charge in [-0.25, -0.2) is 9.37 Å². The highest BCUT2D eigenvalue weighted by Crippen LogP contribution is 2.23. The molecule has 1 aromatic carbocycles. The lowest BCUT2D eigenvalue weighted by atomic mass is 10.2. The van der Waals surface area contributed by atoms with Crippen LogP contribution >= 0.6 is 15.9 Å². The molecule has 2 nitrogen and oxygen atoms in total. The molecule has 0 saturated carbocycles. The summed E-state index contributed by atoms with van der Waals surface area (Å²) in [5.74, 6) is 0.386. The maximum absolute atomic E-state index is 13.6. The van der Waals surface area contributed by atoms with E-state index in [-0.39, 0.29) is 5.82 Å². The molecule has 1 N–H and O–H groups in total. The van der Waals surface area contributed by atoms with E-state index in [0.29, 0.717) is 11.5 Å². The number of hydrogen-bond acceptors (Lipinski definition) is 2. The van der Waals surface area contributed by atoms with Crippen molar-refractivity contribution in [2.45, 2.75) is 13.8 Å². The number of hydrogen-bond donors (Lipinski definition) is 1. The van der Waals surface area contributed by atoms with Crippen LogP contribution in [0.25, 0.3) is 0 Å². The molecule has 0 aliphatic rings. The third-order valence-corrected chi connectivity index (χ3v) is 2.85. The Morgan fingerprint density at radius 3 is 2.71 bits per heavy atom. The molecule has 0 atom stereocenters. The summed E-state index contributed by atoms with van der Waals surface area (Å²) in [7, 11) is 0. The zero-order valence-electron chi connectivity index (χ0n) is 9.59. The van der Waals surface area contributed by atoms with Gasteiger partial charge in [0.15, 0.2) is 0 Å². The topological polar surface area (TPSA) is 24.9 Å². The monoisotopic (exact) mass is 294 g/mol. The van der Waals surface area contributed by atoms with Crippen molar-refractivity contribution in [2.75, 3.05) is 5.32 Å². The predicted molar refractivity (Wildman–Crippen MR) is 71.1 cm³/mol. The van der Waals surface area contributed by atoms with Crippen LogP contribution in [0.3, 0.4) is 0 Å². The van der Waals surface area contributed by atoms with E-state index in [1.165, 1.54) is 6.07 Å². The van der Waals surface area contributed by atoms with Crippen molar-refractivity contribution in [3.63, 3.8) is 0 Å². The first kappa shape index (κ1) is 12.0. The van der Waals surface area contributed by atoms with Gasteiger partial charge in [-0.05, 0) is 59.1 Å². The summed E-state index contributed by atoms with van der Waals surface area (Å²) in [5, 5.41) is 3.00. The van der Waals surface area contributed by atoms with Crippen LogP contribution in [0.2, 0.25) is 0 Å².